The molecular weight excluding hydrogens is 378 g/mol. The molecule has 0 aromatic heterocycles. The molecule has 144 valence electrons. The number of halogens is 1. The second kappa shape index (κ2) is 7.64. The molecule has 1 unspecified atom stereocenters. The second-order valence-electron chi connectivity index (χ2n) is 7.14. The fourth-order valence-corrected chi connectivity index (χ4v) is 3.42. The van der Waals surface area contributed by atoms with Crippen molar-refractivity contribution in [3.63, 3.8) is 0 Å². The molecule has 6 nitrogen and oxygen atoms in total. The van der Waals surface area contributed by atoms with E-state index in [0.29, 0.717) is 29.4 Å². The third-order valence-corrected chi connectivity index (χ3v) is 5.26. The summed E-state index contributed by atoms with van der Waals surface area (Å²) in [7, 11) is 0. The van der Waals surface area contributed by atoms with E-state index in [1.165, 1.54) is 0 Å². The smallest absolute Gasteiger partial charge is 0.239 e. The molecular formula is C21H20ClN3O3. The van der Waals surface area contributed by atoms with E-state index in [9.17, 15) is 14.4 Å². The van der Waals surface area contributed by atoms with Crippen LogP contribution in [0.5, 0.6) is 0 Å². The standard InChI is InChI=1S/C21H20ClN3O3/c22-14-6-8-17(9-7-14)25-11-10-18(21(25)28)20(27)24-16-3-1-2-15(12-16)23-19(26)13-4-5-13/h1-3,6-9,12-13,18H,4-5,10-11H2,(H,23,26)(H,24,27). The average molecular weight is 398 g/mol. The van der Waals surface area contributed by atoms with Crippen LogP contribution >= 0.6 is 11.6 Å². The molecule has 0 radical (unpaired) electrons. The van der Waals surface area contributed by atoms with Crippen LogP contribution in [0.15, 0.2) is 48.5 Å². The van der Waals surface area contributed by atoms with Gasteiger partial charge in [-0.1, -0.05) is 17.7 Å². The Hall–Kier alpha value is -2.86. The molecule has 7 heteroatoms. The largest absolute Gasteiger partial charge is 0.326 e. The van der Waals surface area contributed by atoms with Crippen molar-refractivity contribution < 1.29 is 14.4 Å². The van der Waals surface area contributed by atoms with Crippen LogP contribution in [0.4, 0.5) is 17.1 Å². The number of carbonyl (C=O) groups is 3. The summed E-state index contributed by atoms with van der Waals surface area (Å²) in [5, 5.41) is 6.24. The van der Waals surface area contributed by atoms with Crippen molar-refractivity contribution in [3.8, 4) is 0 Å². The summed E-state index contributed by atoms with van der Waals surface area (Å²) in [6, 6.07) is 14.0. The summed E-state index contributed by atoms with van der Waals surface area (Å²) in [5.74, 6) is -1.19. The topological polar surface area (TPSA) is 78.5 Å². The first-order chi connectivity index (χ1) is 13.5. The summed E-state index contributed by atoms with van der Waals surface area (Å²) in [4.78, 5) is 38.8. The highest BCUT2D eigenvalue weighted by atomic mass is 35.5. The van der Waals surface area contributed by atoms with Gasteiger partial charge in [0.1, 0.15) is 5.92 Å². The summed E-state index contributed by atoms with van der Waals surface area (Å²) >= 11 is 5.90. The summed E-state index contributed by atoms with van der Waals surface area (Å²) in [6.45, 7) is 0.482. The first kappa shape index (κ1) is 18.5. The van der Waals surface area contributed by atoms with Crippen LogP contribution < -0.4 is 15.5 Å². The molecule has 2 aromatic rings. The summed E-state index contributed by atoms with van der Waals surface area (Å²) in [6.07, 6.45) is 2.30. The quantitative estimate of drug-likeness (QED) is 0.755. The Morgan fingerprint density at radius 1 is 0.929 bits per heavy atom. The van der Waals surface area contributed by atoms with E-state index in [4.69, 9.17) is 11.6 Å². The predicted octanol–water partition coefficient (Wildman–Crippen LogP) is 3.68. The Kier molecular flexibility index (Phi) is 5.05. The molecule has 1 aliphatic carbocycles. The number of nitrogens with zero attached hydrogens (tertiary/aromatic N) is 1. The van der Waals surface area contributed by atoms with E-state index in [1.54, 1.807) is 53.4 Å². The first-order valence-corrected chi connectivity index (χ1v) is 9.68. The molecule has 0 spiro atoms. The fraction of sp³-hybridized carbons (Fsp3) is 0.286. The Morgan fingerprint density at radius 3 is 2.21 bits per heavy atom. The minimum atomic E-state index is -0.736. The molecule has 1 atom stereocenters. The summed E-state index contributed by atoms with van der Waals surface area (Å²) in [5.41, 5.74) is 1.92. The van der Waals surface area contributed by atoms with Gasteiger partial charge in [0.05, 0.1) is 0 Å². The first-order valence-electron chi connectivity index (χ1n) is 9.30. The highest BCUT2D eigenvalue weighted by Crippen LogP contribution is 2.31. The van der Waals surface area contributed by atoms with Crippen LogP contribution in [0.3, 0.4) is 0 Å². The Labute approximate surface area is 167 Å². The SMILES string of the molecule is O=C(Nc1cccc(NC(=O)C2CCN(c3ccc(Cl)cc3)C2=O)c1)C1CC1. The number of hydrogen-bond acceptors (Lipinski definition) is 3. The molecule has 2 aliphatic rings. The molecule has 2 aromatic carbocycles. The van der Waals surface area contributed by atoms with Crippen molar-refractivity contribution in [1.29, 1.82) is 0 Å². The molecule has 2 N–H and O–H groups in total. The lowest BCUT2D eigenvalue weighted by molar-refractivity contribution is -0.129. The van der Waals surface area contributed by atoms with Gasteiger partial charge in [0.25, 0.3) is 0 Å². The lowest BCUT2D eigenvalue weighted by Gasteiger charge is -2.17. The maximum Gasteiger partial charge on any atom is 0.239 e. The lowest BCUT2D eigenvalue weighted by atomic mass is 10.1. The molecule has 2 fully saturated rings. The molecule has 28 heavy (non-hydrogen) atoms. The minimum absolute atomic E-state index is 0.00746. The van der Waals surface area contributed by atoms with E-state index in [0.717, 1.165) is 18.5 Å². The van der Waals surface area contributed by atoms with Gasteiger partial charge >= 0.3 is 0 Å². The zero-order valence-corrected chi connectivity index (χ0v) is 15.9. The van der Waals surface area contributed by atoms with Gasteiger partial charge in [-0.2, -0.15) is 0 Å². The lowest BCUT2D eigenvalue weighted by Crippen LogP contribution is -2.33. The van der Waals surface area contributed by atoms with Gasteiger partial charge in [-0.15, -0.1) is 0 Å². The van der Waals surface area contributed by atoms with E-state index in [1.807, 2.05) is 0 Å². The van der Waals surface area contributed by atoms with Crippen LogP contribution in [0, 0.1) is 11.8 Å². The maximum atomic E-state index is 12.7. The van der Waals surface area contributed by atoms with Gasteiger partial charge in [-0.3, -0.25) is 14.4 Å². The second-order valence-corrected chi connectivity index (χ2v) is 7.58. The predicted molar refractivity (Wildman–Crippen MR) is 108 cm³/mol. The molecule has 1 heterocycles. The van der Waals surface area contributed by atoms with E-state index in [2.05, 4.69) is 10.6 Å². The van der Waals surface area contributed by atoms with Gasteiger partial charge in [0, 0.05) is 34.5 Å². The van der Waals surface area contributed by atoms with Gasteiger partial charge in [-0.05, 0) is 61.7 Å². The molecule has 1 aliphatic heterocycles. The Morgan fingerprint density at radius 2 is 1.57 bits per heavy atom. The van der Waals surface area contributed by atoms with Crippen LogP contribution in [0.25, 0.3) is 0 Å². The highest BCUT2D eigenvalue weighted by molar-refractivity contribution is 6.30. The molecule has 0 bridgehead atoms. The van der Waals surface area contributed by atoms with Crippen LogP contribution in [-0.4, -0.2) is 24.3 Å². The average Bonchev–Trinajstić information content (AvgIpc) is 3.45. The third kappa shape index (κ3) is 4.02. The third-order valence-electron chi connectivity index (χ3n) is 5.01. The van der Waals surface area contributed by atoms with Crippen molar-refractivity contribution in [2.75, 3.05) is 22.1 Å². The van der Waals surface area contributed by atoms with Crippen LogP contribution in [0.2, 0.25) is 5.02 Å². The van der Waals surface area contributed by atoms with Crippen molar-refractivity contribution in [3.05, 3.63) is 53.6 Å². The van der Waals surface area contributed by atoms with Gasteiger partial charge < -0.3 is 15.5 Å². The zero-order chi connectivity index (χ0) is 19.7. The summed E-state index contributed by atoms with van der Waals surface area (Å²) < 4.78 is 0. The van der Waals surface area contributed by atoms with Crippen molar-refractivity contribution in [1.82, 2.24) is 0 Å². The number of hydrogen-bond donors (Lipinski definition) is 2. The van der Waals surface area contributed by atoms with E-state index >= 15 is 0 Å². The van der Waals surface area contributed by atoms with E-state index < -0.39 is 5.92 Å². The number of rotatable bonds is 5. The molecule has 3 amide bonds. The number of nitrogens with one attached hydrogen (secondary N) is 2. The number of anilines is 3. The number of carbonyl (C=O) groups excluding carboxylic acids is 3. The van der Waals surface area contributed by atoms with Crippen LogP contribution in [0.1, 0.15) is 19.3 Å². The zero-order valence-electron chi connectivity index (χ0n) is 15.2. The van der Waals surface area contributed by atoms with Crippen LogP contribution in [-0.2, 0) is 14.4 Å². The van der Waals surface area contributed by atoms with E-state index in [-0.39, 0.29) is 23.6 Å². The molecule has 1 saturated carbocycles. The molecule has 4 rings (SSSR count). The highest BCUT2D eigenvalue weighted by Gasteiger charge is 2.37. The normalized spacial score (nSPS) is 18.8. The monoisotopic (exact) mass is 397 g/mol. The number of benzene rings is 2. The van der Waals surface area contributed by atoms with Crippen molar-refractivity contribution in [2.24, 2.45) is 11.8 Å². The minimum Gasteiger partial charge on any atom is -0.326 e. The van der Waals surface area contributed by atoms with Gasteiger partial charge in [-0.25, -0.2) is 0 Å². The van der Waals surface area contributed by atoms with Gasteiger partial charge in [0.2, 0.25) is 17.7 Å². The Bertz CT molecular complexity index is 925. The molecule has 1 saturated heterocycles. The Balaban J connectivity index is 1.40. The van der Waals surface area contributed by atoms with Gasteiger partial charge in [0.15, 0.2) is 0 Å². The maximum absolute atomic E-state index is 12.7. The van der Waals surface area contributed by atoms with Crippen molar-refractivity contribution in [2.45, 2.75) is 19.3 Å². The number of amides is 3. The fourth-order valence-electron chi connectivity index (χ4n) is 3.29. The van der Waals surface area contributed by atoms with Crippen molar-refractivity contribution >= 4 is 46.4 Å².